The lowest BCUT2D eigenvalue weighted by molar-refractivity contribution is 0.0910. The zero-order valence-corrected chi connectivity index (χ0v) is 15.9. The number of nitrogens with zero attached hydrogens (tertiary/aromatic N) is 1. The van der Waals surface area contributed by atoms with E-state index in [0.29, 0.717) is 5.39 Å². The van der Waals surface area contributed by atoms with Crippen molar-refractivity contribution in [3.05, 3.63) is 82.1 Å². The smallest absolute Gasteiger partial charge is 0.256 e. The number of aromatic amines is 1. The van der Waals surface area contributed by atoms with Gasteiger partial charge in [0.25, 0.3) is 5.91 Å². The Hall–Kier alpha value is -2.92. The maximum absolute atomic E-state index is 12.6. The first-order valence-corrected chi connectivity index (χ1v) is 9.88. The molecule has 2 heterocycles. The molecule has 0 spiro atoms. The van der Waals surface area contributed by atoms with Crippen molar-refractivity contribution in [1.82, 2.24) is 15.2 Å². The van der Waals surface area contributed by atoms with Gasteiger partial charge in [0.2, 0.25) is 5.43 Å². The van der Waals surface area contributed by atoms with Gasteiger partial charge in [0.05, 0.1) is 0 Å². The third kappa shape index (κ3) is 4.15. The molecular formula is C23H25N3O2. The molecule has 2 N–H and O–H groups in total. The molecule has 0 atom stereocenters. The molecule has 1 aromatic heterocycles. The van der Waals surface area contributed by atoms with Gasteiger partial charge in [-0.25, -0.2) is 0 Å². The van der Waals surface area contributed by atoms with E-state index in [1.807, 2.05) is 24.3 Å². The van der Waals surface area contributed by atoms with Crippen molar-refractivity contribution in [2.45, 2.75) is 25.3 Å². The third-order valence-electron chi connectivity index (χ3n) is 5.52. The van der Waals surface area contributed by atoms with E-state index in [2.05, 4.69) is 39.5 Å². The summed E-state index contributed by atoms with van der Waals surface area (Å²) in [5, 5.41) is 3.60. The Morgan fingerprint density at radius 1 is 1.04 bits per heavy atom. The standard InChI is InChI=1S/C23H25N3O2/c27-22-19-8-4-5-9-21(19)24-16-20(22)23(28)25-18-11-14-26(15-12-18)13-10-17-6-2-1-3-7-17/h1-9,16,18H,10-15H2,(H,24,27)(H,25,28). The van der Waals surface area contributed by atoms with Gasteiger partial charge in [0.15, 0.2) is 0 Å². The first-order valence-electron chi connectivity index (χ1n) is 9.88. The minimum atomic E-state index is -0.283. The predicted molar refractivity (Wildman–Crippen MR) is 112 cm³/mol. The number of nitrogens with one attached hydrogen (secondary N) is 2. The second kappa shape index (κ2) is 8.40. The fourth-order valence-electron chi connectivity index (χ4n) is 3.83. The molecule has 0 aliphatic carbocycles. The molecule has 4 rings (SSSR count). The van der Waals surface area contributed by atoms with Crippen LogP contribution in [0.2, 0.25) is 0 Å². The number of pyridine rings is 1. The van der Waals surface area contributed by atoms with Crippen molar-refractivity contribution in [2.75, 3.05) is 19.6 Å². The van der Waals surface area contributed by atoms with Crippen LogP contribution in [0, 0.1) is 0 Å². The van der Waals surface area contributed by atoms with E-state index in [1.165, 1.54) is 11.8 Å². The van der Waals surface area contributed by atoms with E-state index in [4.69, 9.17) is 0 Å². The van der Waals surface area contributed by atoms with E-state index in [9.17, 15) is 9.59 Å². The third-order valence-corrected chi connectivity index (χ3v) is 5.52. The number of rotatable bonds is 5. The van der Waals surface area contributed by atoms with Crippen molar-refractivity contribution in [3.8, 4) is 0 Å². The Morgan fingerprint density at radius 3 is 2.54 bits per heavy atom. The Morgan fingerprint density at radius 2 is 1.75 bits per heavy atom. The number of amides is 1. The lowest BCUT2D eigenvalue weighted by Crippen LogP contribution is -2.45. The molecule has 0 bridgehead atoms. The normalized spacial score (nSPS) is 15.6. The largest absolute Gasteiger partial charge is 0.360 e. The number of benzene rings is 2. The number of likely N-dealkylation sites (tertiary alicyclic amines) is 1. The number of carbonyl (C=O) groups excluding carboxylic acids is 1. The number of fused-ring (bicyclic) bond motifs is 1. The zero-order valence-electron chi connectivity index (χ0n) is 15.9. The molecule has 0 saturated carbocycles. The highest BCUT2D eigenvalue weighted by Crippen LogP contribution is 2.13. The number of aromatic nitrogens is 1. The van der Waals surface area contributed by atoms with Crippen LogP contribution in [-0.4, -0.2) is 41.5 Å². The lowest BCUT2D eigenvalue weighted by Gasteiger charge is -2.32. The number of carbonyl (C=O) groups is 1. The van der Waals surface area contributed by atoms with Crippen LogP contribution < -0.4 is 10.7 Å². The number of hydrogen-bond acceptors (Lipinski definition) is 3. The molecule has 1 fully saturated rings. The van der Waals surface area contributed by atoms with Crippen LogP contribution in [0.25, 0.3) is 10.9 Å². The van der Waals surface area contributed by atoms with Gasteiger partial charge in [0, 0.05) is 42.8 Å². The Bertz CT molecular complexity index is 1010. The second-order valence-electron chi connectivity index (χ2n) is 7.40. The van der Waals surface area contributed by atoms with E-state index in [0.717, 1.165) is 44.4 Å². The highest BCUT2D eigenvalue weighted by Gasteiger charge is 2.22. The summed E-state index contributed by atoms with van der Waals surface area (Å²) in [6, 6.07) is 17.9. The molecule has 1 amide bonds. The Kier molecular flexibility index (Phi) is 5.53. The quantitative estimate of drug-likeness (QED) is 0.721. The van der Waals surface area contributed by atoms with E-state index in [-0.39, 0.29) is 22.9 Å². The molecule has 0 radical (unpaired) electrons. The number of piperidine rings is 1. The summed E-state index contributed by atoms with van der Waals surface area (Å²) in [5.41, 5.74) is 2.07. The van der Waals surface area contributed by atoms with Gasteiger partial charge in [-0.1, -0.05) is 42.5 Å². The molecule has 144 valence electrons. The number of H-pyrrole nitrogens is 1. The molecule has 1 aliphatic rings. The van der Waals surface area contributed by atoms with E-state index in [1.54, 1.807) is 6.07 Å². The first kappa shape index (κ1) is 18.4. The Labute approximate surface area is 164 Å². The van der Waals surface area contributed by atoms with Crippen LogP contribution in [0.4, 0.5) is 0 Å². The molecule has 2 aromatic carbocycles. The fourth-order valence-corrected chi connectivity index (χ4v) is 3.83. The Balaban J connectivity index is 1.32. The van der Waals surface area contributed by atoms with Gasteiger partial charge in [-0.2, -0.15) is 0 Å². The van der Waals surface area contributed by atoms with Crippen molar-refractivity contribution < 1.29 is 4.79 Å². The van der Waals surface area contributed by atoms with Crippen molar-refractivity contribution in [1.29, 1.82) is 0 Å². The van der Waals surface area contributed by atoms with Crippen molar-refractivity contribution >= 4 is 16.8 Å². The van der Waals surface area contributed by atoms with Gasteiger partial charge in [-0.15, -0.1) is 0 Å². The summed E-state index contributed by atoms with van der Waals surface area (Å²) in [5.74, 6) is -0.283. The molecule has 28 heavy (non-hydrogen) atoms. The average Bonchev–Trinajstić information content (AvgIpc) is 2.74. The van der Waals surface area contributed by atoms with Crippen LogP contribution in [0.15, 0.2) is 65.6 Å². The SMILES string of the molecule is O=C(NC1CCN(CCc2ccccc2)CC1)c1c[nH]c2ccccc2c1=O. The van der Waals surface area contributed by atoms with Gasteiger partial charge < -0.3 is 15.2 Å². The lowest BCUT2D eigenvalue weighted by atomic mass is 10.0. The summed E-state index contributed by atoms with van der Waals surface area (Å²) < 4.78 is 0. The van der Waals surface area contributed by atoms with Crippen LogP contribution in [-0.2, 0) is 6.42 Å². The number of para-hydroxylation sites is 1. The highest BCUT2D eigenvalue weighted by molar-refractivity contribution is 5.97. The van der Waals surface area contributed by atoms with Crippen LogP contribution in [0.3, 0.4) is 0 Å². The summed E-state index contributed by atoms with van der Waals surface area (Å²) in [7, 11) is 0. The van der Waals surface area contributed by atoms with E-state index < -0.39 is 0 Å². The molecule has 5 nitrogen and oxygen atoms in total. The highest BCUT2D eigenvalue weighted by atomic mass is 16.2. The minimum absolute atomic E-state index is 0.117. The maximum Gasteiger partial charge on any atom is 0.256 e. The van der Waals surface area contributed by atoms with Gasteiger partial charge >= 0.3 is 0 Å². The molecule has 1 aliphatic heterocycles. The van der Waals surface area contributed by atoms with Crippen molar-refractivity contribution in [3.63, 3.8) is 0 Å². The topological polar surface area (TPSA) is 65.2 Å². The molecular weight excluding hydrogens is 350 g/mol. The second-order valence-corrected chi connectivity index (χ2v) is 7.40. The zero-order chi connectivity index (χ0) is 19.3. The van der Waals surface area contributed by atoms with Crippen LogP contribution in [0.1, 0.15) is 28.8 Å². The monoisotopic (exact) mass is 375 g/mol. The van der Waals surface area contributed by atoms with Gasteiger partial charge in [-0.05, 0) is 37.0 Å². The minimum Gasteiger partial charge on any atom is -0.360 e. The summed E-state index contributed by atoms with van der Waals surface area (Å²) >= 11 is 0. The molecule has 1 saturated heterocycles. The predicted octanol–water partition coefficient (Wildman–Crippen LogP) is 2.97. The van der Waals surface area contributed by atoms with Gasteiger partial charge in [-0.3, -0.25) is 9.59 Å². The summed E-state index contributed by atoms with van der Waals surface area (Å²) in [4.78, 5) is 30.7. The van der Waals surface area contributed by atoms with Crippen LogP contribution >= 0.6 is 0 Å². The average molecular weight is 375 g/mol. The van der Waals surface area contributed by atoms with Crippen LogP contribution in [0.5, 0.6) is 0 Å². The fraction of sp³-hybridized carbons (Fsp3) is 0.304. The van der Waals surface area contributed by atoms with E-state index >= 15 is 0 Å². The summed E-state index contributed by atoms with van der Waals surface area (Å²) in [6.07, 6.45) is 4.39. The first-order chi connectivity index (χ1) is 13.7. The molecule has 0 unspecified atom stereocenters. The maximum atomic E-state index is 12.6. The van der Waals surface area contributed by atoms with Crippen molar-refractivity contribution in [2.24, 2.45) is 0 Å². The molecule has 3 aromatic rings. The summed E-state index contributed by atoms with van der Waals surface area (Å²) in [6.45, 7) is 2.97. The molecule has 5 heteroatoms. The van der Waals surface area contributed by atoms with Gasteiger partial charge in [0.1, 0.15) is 5.56 Å². The number of hydrogen-bond donors (Lipinski definition) is 2.